The molecule has 1 aromatic carbocycles. The fourth-order valence-corrected chi connectivity index (χ4v) is 4.19. The first-order valence-electron chi connectivity index (χ1n) is 9.15. The van der Waals surface area contributed by atoms with Crippen molar-refractivity contribution in [2.24, 2.45) is 0 Å². The lowest BCUT2D eigenvalue weighted by atomic mass is 9.96. The van der Waals surface area contributed by atoms with Crippen LogP contribution >= 0.6 is 11.3 Å². The van der Waals surface area contributed by atoms with Crippen molar-refractivity contribution in [1.29, 1.82) is 0 Å². The Morgan fingerprint density at radius 3 is 2.81 bits per heavy atom. The zero-order valence-corrected chi connectivity index (χ0v) is 16.4. The lowest BCUT2D eigenvalue weighted by Crippen LogP contribution is -2.25. The molecule has 1 aliphatic rings. The largest absolute Gasteiger partial charge is 0.487 e. The van der Waals surface area contributed by atoms with Crippen LogP contribution in [-0.4, -0.2) is 16.1 Å². The third-order valence-electron chi connectivity index (χ3n) is 5.13. The van der Waals surface area contributed by atoms with Crippen molar-refractivity contribution in [3.05, 3.63) is 50.6 Å². The molecular weight excluding hydrogens is 365 g/mol. The molecule has 1 fully saturated rings. The van der Waals surface area contributed by atoms with Gasteiger partial charge in [-0.3, -0.25) is 4.79 Å². The van der Waals surface area contributed by atoms with Gasteiger partial charge in [0, 0.05) is 16.6 Å². The highest BCUT2D eigenvalue weighted by Crippen LogP contribution is 2.30. The van der Waals surface area contributed by atoms with Crippen LogP contribution in [0.15, 0.2) is 23.0 Å². The summed E-state index contributed by atoms with van der Waals surface area (Å²) in [6.45, 7) is 5.80. The third kappa shape index (κ3) is 3.43. The van der Waals surface area contributed by atoms with Gasteiger partial charge in [-0.15, -0.1) is 11.3 Å². The molecule has 0 aliphatic heterocycles. The van der Waals surface area contributed by atoms with E-state index in [1.807, 2.05) is 20.8 Å². The zero-order chi connectivity index (χ0) is 19.1. The van der Waals surface area contributed by atoms with E-state index in [2.05, 4.69) is 15.3 Å². The fraction of sp³-hybridized carbons (Fsp3) is 0.400. The fourth-order valence-electron chi connectivity index (χ4n) is 3.15. The van der Waals surface area contributed by atoms with E-state index in [9.17, 15) is 9.18 Å². The van der Waals surface area contributed by atoms with Gasteiger partial charge in [-0.05, 0) is 57.7 Å². The standard InChI is InChI=1S/C20H22FN3O2S/c1-10-12(3)27-20-17(10)19(25)23-18(24-20)11(2)22-13-7-8-16(15(21)9-13)26-14-5-4-6-14/h7-9,11,14,22H,4-6H2,1-3H3,(H,23,24,25). The van der Waals surface area contributed by atoms with E-state index in [1.54, 1.807) is 12.1 Å². The summed E-state index contributed by atoms with van der Waals surface area (Å²) >= 11 is 1.51. The lowest BCUT2D eigenvalue weighted by Gasteiger charge is -2.26. The summed E-state index contributed by atoms with van der Waals surface area (Å²) in [6, 6.07) is 4.57. The smallest absolute Gasteiger partial charge is 0.259 e. The molecule has 0 amide bonds. The summed E-state index contributed by atoms with van der Waals surface area (Å²) in [4.78, 5) is 21.7. The summed E-state index contributed by atoms with van der Waals surface area (Å²) in [6.07, 6.45) is 3.25. The molecule has 1 atom stereocenters. The van der Waals surface area contributed by atoms with Gasteiger partial charge < -0.3 is 15.0 Å². The molecule has 0 radical (unpaired) electrons. The van der Waals surface area contributed by atoms with Gasteiger partial charge in [-0.25, -0.2) is 9.37 Å². The minimum absolute atomic E-state index is 0.135. The predicted octanol–water partition coefficient (Wildman–Crippen LogP) is 4.84. The van der Waals surface area contributed by atoms with Gasteiger partial charge in [-0.2, -0.15) is 0 Å². The van der Waals surface area contributed by atoms with Crippen molar-refractivity contribution < 1.29 is 9.13 Å². The van der Waals surface area contributed by atoms with Gasteiger partial charge in [0.05, 0.1) is 17.5 Å². The molecule has 0 spiro atoms. The van der Waals surface area contributed by atoms with Crippen LogP contribution in [0.4, 0.5) is 10.1 Å². The topological polar surface area (TPSA) is 67.0 Å². The molecular formula is C20H22FN3O2S. The molecule has 4 rings (SSSR count). The number of hydrogen-bond acceptors (Lipinski definition) is 5. The minimum Gasteiger partial charge on any atom is -0.487 e. The Morgan fingerprint density at radius 1 is 1.37 bits per heavy atom. The number of nitrogens with one attached hydrogen (secondary N) is 2. The molecule has 2 heterocycles. The summed E-state index contributed by atoms with van der Waals surface area (Å²) < 4.78 is 19.9. The molecule has 2 N–H and O–H groups in total. The average Bonchev–Trinajstić information content (AvgIpc) is 2.87. The molecule has 5 nitrogen and oxygen atoms in total. The number of benzene rings is 1. The number of rotatable bonds is 5. The highest BCUT2D eigenvalue weighted by atomic mass is 32.1. The Bertz CT molecular complexity index is 1060. The van der Waals surface area contributed by atoms with Crippen LogP contribution in [0, 0.1) is 19.7 Å². The number of anilines is 1. The molecule has 1 unspecified atom stereocenters. The molecule has 7 heteroatoms. The van der Waals surface area contributed by atoms with Crippen LogP contribution in [0.1, 0.15) is 48.5 Å². The highest BCUT2D eigenvalue weighted by molar-refractivity contribution is 7.18. The monoisotopic (exact) mass is 387 g/mol. The van der Waals surface area contributed by atoms with Crippen molar-refractivity contribution in [2.45, 2.75) is 52.2 Å². The van der Waals surface area contributed by atoms with Crippen molar-refractivity contribution in [1.82, 2.24) is 9.97 Å². The number of aryl methyl sites for hydroxylation is 2. The molecule has 2 aromatic heterocycles. The van der Waals surface area contributed by atoms with Gasteiger partial charge in [0.25, 0.3) is 5.56 Å². The Morgan fingerprint density at radius 2 is 2.15 bits per heavy atom. The number of halogens is 1. The van der Waals surface area contributed by atoms with Gasteiger partial charge in [-0.1, -0.05) is 0 Å². The number of hydrogen-bond donors (Lipinski definition) is 2. The molecule has 0 bridgehead atoms. The Kier molecular flexibility index (Phi) is 4.63. The van der Waals surface area contributed by atoms with Crippen LogP contribution in [0.3, 0.4) is 0 Å². The van der Waals surface area contributed by atoms with Gasteiger partial charge >= 0.3 is 0 Å². The molecule has 27 heavy (non-hydrogen) atoms. The summed E-state index contributed by atoms with van der Waals surface area (Å²) in [5.41, 5.74) is 1.45. The zero-order valence-electron chi connectivity index (χ0n) is 15.6. The number of thiophene rings is 1. The summed E-state index contributed by atoms with van der Waals surface area (Å²) in [5, 5.41) is 3.85. The maximum Gasteiger partial charge on any atom is 0.259 e. The van der Waals surface area contributed by atoms with Gasteiger partial charge in [0.1, 0.15) is 10.7 Å². The molecule has 1 saturated carbocycles. The number of aromatic amines is 1. The van der Waals surface area contributed by atoms with Crippen LogP contribution in [0.5, 0.6) is 5.75 Å². The first-order valence-corrected chi connectivity index (χ1v) is 9.96. The van der Waals surface area contributed by atoms with Crippen LogP contribution in [0.25, 0.3) is 10.2 Å². The Balaban J connectivity index is 1.55. The van der Waals surface area contributed by atoms with Crippen molar-refractivity contribution in [2.75, 3.05) is 5.32 Å². The number of ether oxygens (including phenoxy) is 1. The quantitative estimate of drug-likeness (QED) is 0.657. The predicted molar refractivity (Wildman–Crippen MR) is 106 cm³/mol. The number of nitrogens with zero attached hydrogens (tertiary/aromatic N) is 1. The number of fused-ring (bicyclic) bond motifs is 1. The molecule has 142 valence electrons. The first kappa shape index (κ1) is 18.0. The Labute approximate surface area is 160 Å². The lowest BCUT2D eigenvalue weighted by molar-refractivity contribution is 0.115. The second-order valence-corrected chi connectivity index (χ2v) is 8.30. The van der Waals surface area contributed by atoms with E-state index < -0.39 is 0 Å². The van der Waals surface area contributed by atoms with E-state index in [0.717, 1.165) is 34.5 Å². The number of H-pyrrole nitrogens is 1. The second kappa shape index (κ2) is 6.96. The second-order valence-electron chi connectivity index (χ2n) is 7.10. The van der Waals surface area contributed by atoms with Crippen molar-refractivity contribution >= 4 is 27.2 Å². The molecule has 0 saturated heterocycles. The first-order chi connectivity index (χ1) is 12.9. The van der Waals surface area contributed by atoms with Crippen LogP contribution in [-0.2, 0) is 0 Å². The molecule has 3 aromatic rings. The normalized spacial score (nSPS) is 15.6. The van der Waals surface area contributed by atoms with E-state index in [0.29, 0.717) is 16.9 Å². The van der Waals surface area contributed by atoms with Crippen molar-refractivity contribution in [3.8, 4) is 5.75 Å². The summed E-state index contributed by atoms with van der Waals surface area (Å²) in [7, 11) is 0. The van der Waals surface area contributed by atoms with E-state index in [-0.39, 0.29) is 29.3 Å². The van der Waals surface area contributed by atoms with E-state index in [1.165, 1.54) is 17.4 Å². The minimum atomic E-state index is -0.388. The van der Waals surface area contributed by atoms with Crippen molar-refractivity contribution in [3.63, 3.8) is 0 Å². The van der Waals surface area contributed by atoms with E-state index >= 15 is 0 Å². The van der Waals surface area contributed by atoms with Gasteiger partial charge in [0.2, 0.25) is 0 Å². The maximum absolute atomic E-state index is 14.3. The Hall–Kier alpha value is -2.41. The summed E-state index contributed by atoms with van der Waals surface area (Å²) in [5.74, 6) is 0.430. The molecule has 1 aliphatic carbocycles. The highest BCUT2D eigenvalue weighted by Gasteiger charge is 2.21. The van der Waals surface area contributed by atoms with Crippen LogP contribution < -0.4 is 15.6 Å². The van der Waals surface area contributed by atoms with Crippen LogP contribution in [0.2, 0.25) is 0 Å². The third-order valence-corrected chi connectivity index (χ3v) is 6.23. The van der Waals surface area contributed by atoms with Gasteiger partial charge in [0.15, 0.2) is 11.6 Å². The SMILES string of the molecule is Cc1sc2nc(C(C)Nc3ccc(OC4CCC4)c(F)c3)[nH]c(=O)c2c1C. The average molecular weight is 387 g/mol. The maximum atomic E-state index is 14.3. The van der Waals surface area contributed by atoms with E-state index in [4.69, 9.17) is 4.74 Å². The number of aromatic nitrogens is 2.